The highest BCUT2D eigenvalue weighted by Gasteiger charge is 2.22. The van der Waals surface area contributed by atoms with Crippen molar-refractivity contribution < 1.29 is 15.0 Å². The van der Waals surface area contributed by atoms with E-state index in [9.17, 15) is 14.7 Å². The standard InChI is InChI=1S/C14H16N4O4/c1-4-8-10(7-5-15-14(16-6-7)18(2)3)17-12(20)9(11(8)19)13(21)22/h5-6H,4H2,1-3H3,(H,21,22)(H2,17,19,20). The Bertz CT molecular complexity index is 766. The summed E-state index contributed by atoms with van der Waals surface area (Å²) in [7, 11) is 3.59. The molecule has 0 amide bonds. The van der Waals surface area contributed by atoms with Gasteiger partial charge in [0.1, 0.15) is 5.75 Å². The van der Waals surface area contributed by atoms with Crippen LogP contribution < -0.4 is 10.5 Å². The molecule has 116 valence electrons. The van der Waals surface area contributed by atoms with E-state index in [-0.39, 0.29) is 0 Å². The number of H-pyrrole nitrogens is 1. The lowest BCUT2D eigenvalue weighted by Crippen LogP contribution is -2.20. The van der Waals surface area contributed by atoms with Crippen LogP contribution in [0.25, 0.3) is 11.3 Å². The van der Waals surface area contributed by atoms with Crippen LogP contribution in [-0.4, -0.2) is 45.2 Å². The van der Waals surface area contributed by atoms with Crippen molar-refractivity contribution in [3.05, 3.63) is 33.9 Å². The molecule has 2 rings (SSSR count). The van der Waals surface area contributed by atoms with E-state index in [1.54, 1.807) is 25.9 Å². The van der Waals surface area contributed by atoms with Crippen molar-refractivity contribution in [1.29, 1.82) is 0 Å². The topological polar surface area (TPSA) is 119 Å². The maximum atomic E-state index is 11.9. The first kappa shape index (κ1) is 15.5. The van der Waals surface area contributed by atoms with Crippen molar-refractivity contribution in [2.45, 2.75) is 13.3 Å². The number of carbonyl (C=O) groups is 1. The first-order valence-electron chi connectivity index (χ1n) is 6.58. The van der Waals surface area contributed by atoms with Gasteiger partial charge in [-0.05, 0) is 6.42 Å². The highest BCUT2D eigenvalue weighted by atomic mass is 16.4. The molecule has 2 aromatic rings. The Morgan fingerprint density at radius 1 is 1.32 bits per heavy atom. The van der Waals surface area contributed by atoms with Crippen LogP contribution in [0.1, 0.15) is 22.8 Å². The summed E-state index contributed by atoms with van der Waals surface area (Å²) >= 11 is 0. The van der Waals surface area contributed by atoms with E-state index in [0.29, 0.717) is 29.2 Å². The summed E-state index contributed by atoms with van der Waals surface area (Å²) in [6.07, 6.45) is 3.35. The number of hydrogen-bond donors (Lipinski definition) is 3. The van der Waals surface area contributed by atoms with E-state index in [4.69, 9.17) is 5.11 Å². The molecule has 3 N–H and O–H groups in total. The molecule has 0 saturated heterocycles. The number of aromatic hydroxyl groups is 1. The minimum Gasteiger partial charge on any atom is -0.506 e. The van der Waals surface area contributed by atoms with E-state index in [0.717, 1.165) is 0 Å². The van der Waals surface area contributed by atoms with Crippen molar-refractivity contribution in [3.8, 4) is 17.0 Å². The predicted molar refractivity (Wildman–Crippen MR) is 80.4 cm³/mol. The zero-order chi connectivity index (χ0) is 16.4. The smallest absolute Gasteiger partial charge is 0.345 e. The van der Waals surface area contributed by atoms with Gasteiger partial charge in [0.25, 0.3) is 5.56 Å². The van der Waals surface area contributed by atoms with Crippen molar-refractivity contribution in [2.24, 2.45) is 0 Å². The molecule has 0 aliphatic heterocycles. The minimum atomic E-state index is -1.47. The van der Waals surface area contributed by atoms with Gasteiger partial charge in [0.05, 0.1) is 5.69 Å². The summed E-state index contributed by atoms with van der Waals surface area (Å²) in [5.74, 6) is -1.50. The average molecular weight is 304 g/mol. The number of carboxylic acids is 1. The number of nitrogens with zero attached hydrogens (tertiary/aromatic N) is 3. The number of pyridine rings is 1. The van der Waals surface area contributed by atoms with Gasteiger partial charge >= 0.3 is 5.97 Å². The maximum absolute atomic E-state index is 11.9. The Morgan fingerprint density at radius 2 is 1.91 bits per heavy atom. The third-order valence-electron chi connectivity index (χ3n) is 3.18. The lowest BCUT2D eigenvalue weighted by molar-refractivity contribution is 0.0691. The quantitative estimate of drug-likeness (QED) is 0.766. The predicted octanol–water partition coefficient (Wildman–Crippen LogP) is 0.864. The zero-order valence-electron chi connectivity index (χ0n) is 12.4. The van der Waals surface area contributed by atoms with Gasteiger partial charge in [-0.25, -0.2) is 14.8 Å². The van der Waals surface area contributed by atoms with Crippen molar-refractivity contribution in [3.63, 3.8) is 0 Å². The first-order chi connectivity index (χ1) is 10.4. The monoisotopic (exact) mass is 304 g/mol. The molecule has 0 aliphatic carbocycles. The van der Waals surface area contributed by atoms with Gasteiger partial charge in [-0.15, -0.1) is 0 Å². The van der Waals surface area contributed by atoms with Crippen LogP contribution in [0.4, 0.5) is 5.95 Å². The lowest BCUT2D eigenvalue weighted by Gasteiger charge is -2.13. The van der Waals surface area contributed by atoms with Gasteiger partial charge in [0, 0.05) is 37.6 Å². The lowest BCUT2D eigenvalue weighted by atomic mass is 10.0. The summed E-state index contributed by atoms with van der Waals surface area (Å²) in [5, 5.41) is 19.1. The molecule has 2 heterocycles. The fourth-order valence-electron chi connectivity index (χ4n) is 2.10. The molecule has 2 aromatic heterocycles. The number of aromatic nitrogens is 3. The van der Waals surface area contributed by atoms with Gasteiger partial charge in [-0.1, -0.05) is 6.92 Å². The van der Waals surface area contributed by atoms with Crippen molar-refractivity contribution in [2.75, 3.05) is 19.0 Å². The molecule has 0 unspecified atom stereocenters. The highest BCUT2D eigenvalue weighted by molar-refractivity contribution is 5.91. The van der Waals surface area contributed by atoms with E-state index < -0.39 is 22.8 Å². The third-order valence-corrected chi connectivity index (χ3v) is 3.18. The molecule has 0 atom stereocenters. The Hall–Kier alpha value is -2.90. The Labute approximate surface area is 126 Å². The van der Waals surface area contributed by atoms with Crippen LogP contribution in [0.2, 0.25) is 0 Å². The van der Waals surface area contributed by atoms with Crippen LogP contribution in [-0.2, 0) is 6.42 Å². The number of anilines is 1. The molecule has 0 radical (unpaired) electrons. The molecule has 0 fully saturated rings. The second-order valence-electron chi connectivity index (χ2n) is 4.86. The molecule has 0 saturated carbocycles. The van der Waals surface area contributed by atoms with Crippen LogP contribution in [0.3, 0.4) is 0 Å². The fraction of sp³-hybridized carbons (Fsp3) is 0.286. The van der Waals surface area contributed by atoms with E-state index in [1.807, 2.05) is 0 Å². The van der Waals surface area contributed by atoms with Gasteiger partial charge in [-0.3, -0.25) is 4.79 Å². The number of rotatable bonds is 4. The second-order valence-corrected chi connectivity index (χ2v) is 4.86. The molecule has 8 nitrogen and oxygen atoms in total. The van der Waals surface area contributed by atoms with Crippen molar-refractivity contribution in [1.82, 2.24) is 15.0 Å². The van der Waals surface area contributed by atoms with E-state index >= 15 is 0 Å². The Morgan fingerprint density at radius 3 is 2.36 bits per heavy atom. The SMILES string of the molecule is CCc1c(-c2cnc(N(C)C)nc2)[nH]c(=O)c(C(=O)O)c1O. The summed E-state index contributed by atoms with van der Waals surface area (Å²) in [5.41, 5.74) is -0.384. The molecule has 0 aromatic carbocycles. The van der Waals surface area contributed by atoms with Crippen LogP contribution in [0.15, 0.2) is 17.2 Å². The largest absolute Gasteiger partial charge is 0.506 e. The second kappa shape index (κ2) is 5.84. The number of carboxylic acid groups (broad SMARTS) is 1. The molecule has 8 heteroatoms. The molecule has 0 aliphatic rings. The first-order valence-corrected chi connectivity index (χ1v) is 6.58. The minimum absolute atomic E-state index is 0.320. The molecule has 0 spiro atoms. The van der Waals surface area contributed by atoms with Gasteiger partial charge in [0.15, 0.2) is 5.56 Å². The number of hydrogen-bond acceptors (Lipinski definition) is 6. The number of nitrogens with one attached hydrogen (secondary N) is 1. The summed E-state index contributed by atoms with van der Waals surface area (Å²) < 4.78 is 0. The highest BCUT2D eigenvalue weighted by Crippen LogP contribution is 2.29. The summed E-state index contributed by atoms with van der Waals surface area (Å²) in [4.78, 5) is 35.4. The maximum Gasteiger partial charge on any atom is 0.345 e. The summed E-state index contributed by atoms with van der Waals surface area (Å²) in [6.45, 7) is 1.75. The molecule has 0 bridgehead atoms. The van der Waals surface area contributed by atoms with Gasteiger partial charge in [0.2, 0.25) is 5.95 Å². The normalized spacial score (nSPS) is 10.5. The summed E-state index contributed by atoms with van der Waals surface area (Å²) in [6, 6.07) is 0. The van der Waals surface area contributed by atoms with Gasteiger partial charge < -0.3 is 20.1 Å². The average Bonchev–Trinajstić information content (AvgIpc) is 2.46. The Kier molecular flexibility index (Phi) is 4.11. The van der Waals surface area contributed by atoms with E-state index in [1.165, 1.54) is 12.4 Å². The zero-order valence-corrected chi connectivity index (χ0v) is 12.4. The fourth-order valence-corrected chi connectivity index (χ4v) is 2.10. The van der Waals surface area contributed by atoms with Crippen LogP contribution >= 0.6 is 0 Å². The molecular weight excluding hydrogens is 288 g/mol. The van der Waals surface area contributed by atoms with Gasteiger partial charge in [-0.2, -0.15) is 0 Å². The number of aromatic carboxylic acids is 1. The van der Waals surface area contributed by atoms with Crippen molar-refractivity contribution >= 4 is 11.9 Å². The van der Waals surface area contributed by atoms with Crippen LogP contribution in [0, 0.1) is 0 Å². The third kappa shape index (κ3) is 2.62. The molecule has 22 heavy (non-hydrogen) atoms. The Balaban J connectivity index is 2.65. The van der Waals surface area contributed by atoms with E-state index in [2.05, 4.69) is 15.0 Å². The van der Waals surface area contributed by atoms with Crippen LogP contribution in [0.5, 0.6) is 5.75 Å². The number of aromatic amines is 1. The molecular formula is C14H16N4O4.